The number of methoxy groups -OCH3 is 1. The van der Waals surface area contributed by atoms with Crippen LogP contribution in [-0.2, 0) is 0 Å². The Morgan fingerprint density at radius 1 is 1.35 bits per heavy atom. The molecule has 0 saturated carbocycles. The van der Waals surface area contributed by atoms with Gasteiger partial charge in [0.05, 0.1) is 23.2 Å². The number of nitrogens with two attached hydrogens (primary N) is 1. The topological polar surface area (TPSA) is 35.2 Å². The molecule has 2 rings (SSSR count). The van der Waals surface area contributed by atoms with E-state index in [0.717, 1.165) is 16.2 Å². The zero-order valence-electron chi connectivity index (χ0n) is 9.11. The lowest BCUT2D eigenvalue weighted by Crippen LogP contribution is -2.10. The number of hydrogen-bond acceptors (Lipinski definition) is 3. The highest BCUT2D eigenvalue weighted by atomic mass is 35.5. The molecule has 2 aromatic rings. The smallest absolute Gasteiger partial charge is 0.129 e. The standard InChI is InChI=1S/C12H11Cl2NOS/c1-16-7-5-10(17-6-7)12(15)8-3-2-4-9(13)11(8)14/h2-6,12H,15H2,1H3. The van der Waals surface area contributed by atoms with Gasteiger partial charge in [-0.3, -0.25) is 0 Å². The van der Waals surface area contributed by atoms with E-state index in [4.69, 9.17) is 33.7 Å². The van der Waals surface area contributed by atoms with Gasteiger partial charge in [0, 0.05) is 10.3 Å². The molecule has 17 heavy (non-hydrogen) atoms. The first kappa shape index (κ1) is 12.7. The zero-order valence-corrected chi connectivity index (χ0v) is 11.4. The molecule has 0 bridgehead atoms. The maximum Gasteiger partial charge on any atom is 0.129 e. The SMILES string of the molecule is COc1csc(C(N)c2cccc(Cl)c2Cl)c1. The molecule has 0 amide bonds. The van der Waals surface area contributed by atoms with E-state index >= 15 is 0 Å². The molecule has 0 saturated heterocycles. The van der Waals surface area contributed by atoms with Crippen molar-refractivity contribution in [1.29, 1.82) is 0 Å². The molecule has 1 unspecified atom stereocenters. The summed E-state index contributed by atoms with van der Waals surface area (Å²) >= 11 is 13.6. The van der Waals surface area contributed by atoms with Gasteiger partial charge < -0.3 is 10.5 Å². The molecule has 1 aromatic carbocycles. The molecule has 0 spiro atoms. The molecule has 5 heteroatoms. The Labute approximate surface area is 114 Å². The third-order valence-electron chi connectivity index (χ3n) is 2.45. The van der Waals surface area contributed by atoms with Crippen LogP contribution in [0.5, 0.6) is 5.75 Å². The highest BCUT2D eigenvalue weighted by Gasteiger charge is 2.16. The second-order valence-corrected chi connectivity index (χ2v) is 5.24. The van der Waals surface area contributed by atoms with Crippen molar-refractivity contribution >= 4 is 34.5 Å². The van der Waals surface area contributed by atoms with Crippen molar-refractivity contribution in [3.8, 4) is 5.75 Å². The number of hydrogen-bond donors (Lipinski definition) is 1. The number of rotatable bonds is 3. The number of thiophene rings is 1. The Kier molecular flexibility index (Phi) is 3.94. The van der Waals surface area contributed by atoms with Crippen molar-refractivity contribution in [2.45, 2.75) is 6.04 Å². The quantitative estimate of drug-likeness (QED) is 0.922. The van der Waals surface area contributed by atoms with E-state index in [0.29, 0.717) is 10.0 Å². The lowest BCUT2D eigenvalue weighted by Gasteiger charge is -2.12. The van der Waals surface area contributed by atoms with Crippen LogP contribution in [0.1, 0.15) is 16.5 Å². The predicted molar refractivity (Wildman–Crippen MR) is 73.4 cm³/mol. The van der Waals surface area contributed by atoms with Crippen LogP contribution in [0, 0.1) is 0 Å². The molecule has 1 atom stereocenters. The first-order chi connectivity index (χ1) is 8.13. The first-order valence-corrected chi connectivity index (χ1v) is 6.59. The van der Waals surface area contributed by atoms with Crippen molar-refractivity contribution in [1.82, 2.24) is 0 Å². The second-order valence-electron chi connectivity index (χ2n) is 3.51. The molecule has 0 radical (unpaired) electrons. The maximum atomic E-state index is 6.17. The molecule has 2 nitrogen and oxygen atoms in total. The van der Waals surface area contributed by atoms with E-state index in [1.807, 2.05) is 23.6 Å². The summed E-state index contributed by atoms with van der Waals surface area (Å²) in [6.07, 6.45) is 0. The molecule has 0 aliphatic carbocycles. The van der Waals surface area contributed by atoms with E-state index in [2.05, 4.69) is 0 Å². The monoisotopic (exact) mass is 287 g/mol. The average molecular weight is 288 g/mol. The van der Waals surface area contributed by atoms with Gasteiger partial charge in [-0.1, -0.05) is 35.3 Å². The lowest BCUT2D eigenvalue weighted by molar-refractivity contribution is 0.416. The third-order valence-corrected chi connectivity index (χ3v) is 4.28. The van der Waals surface area contributed by atoms with Crippen LogP contribution in [0.25, 0.3) is 0 Å². The minimum atomic E-state index is -0.282. The van der Waals surface area contributed by atoms with Crippen LogP contribution < -0.4 is 10.5 Å². The Hall–Kier alpha value is -0.740. The molecule has 1 heterocycles. The van der Waals surface area contributed by atoms with Crippen LogP contribution >= 0.6 is 34.5 Å². The van der Waals surface area contributed by atoms with Crippen molar-refractivity contribution in [2.75, 3.05) is 7.11 Å². The van der Waals surface area contributed by atoms with Crippen molar-refractivity contribution < 1.29 is 4.74 Å². The molecule has 1 aromatic heterocycles. The molecule has 2 N–H and O–H groups in total. The van der Waals surface area contributed by atoms with Crippen LogP contribution in [0.15, 0.2) is 29.6 Å². The van der Waals surface area contributed by atoms with Gasteiger partial charge in [0.2, 0.25) is 0 Å². The van der Waals surface area contributed by atoms with Gasteiger partial charge in [-0.25, -0.2) is 0 Å². The van der Waals surface area contributed by atoms with Gasteiger partial charge in [0.15, 0.2) is 0 Å². The second kappa shape index (κ2) is 5.27. The summed E-state index contributed by atoms with van der Waals surface area (Å²) in [5, 5.41) is 2.94. The van der Waals surface area contributed by atoms with Crippen molar-refractivity contribution in [3.63, 3.8) is 0 Å². The van der Waals surface area contributed by atoms with E-state index < -0.39 is 0 Å². The molecular weight excluding hydrogens is 277 g/mol. The van der Waals surface area contributed by atoms with Gasteiger partial charge in [0.25, 0.3) is 0 Å². The average Bonchev–Trinajstić information content (AvgIpc) is 2.80. The molecular formula is C12H11Cl2NOS. The minimum absolute atomic E-state index is 0.282. The van der Waals surface area contributed by atoms with Gasteiger partial charge in [-0.15, -0.1) is 11.3 Å². The van der Waals surface area contributed by atoms with E-state index in [-0.39, 0.29) is 6.04 Å². The van der Waals surface area contributed by atoms with Gasteiger partial charge in [0.1, 0.15) is 5.75 Å². The predicted octanol–water partition coefficient (Wildman–Crippen LogP) is 4.11. The summed E-state index contributed by atoms with van der Waals surface area (Å²) in [7, 11) is 1.63. The largest absolute Gasteiger partial charge is 0.496 e. The lowest BCUT2D eigenvalue weighted by atomic mass is 10.1. The highest BCUT2D eigenvalue weighted by molar-refractivity contribution is 7.10. The van der Waals surface area contributed by atoms with Gasteiger partial charge in [-0.05, 0) is 17.7 Å². The first-order valence-electron chi connectivity index (χ1n) is 4.95. The van der Waals surface area contributed by atoms with Crippen LogP contribution in [-0.4, -0.2) is 7.11 Å². The Balaban J connectivity index is 2.36. The summed E-state index contributed by atoms with van der Waals surface area (Å²) in [5.74, 6) is 0.804. The molecule has 90 valence electrons. The highest BCUT2D eigenvalue weighted by Crippen LogP contribution is 2.35. The summed E-state index contributed by atoms with van der Waals surface area (Å²) in [6.45, 7) is 0. The third kappa shape index (κ3) is 2.58. The van der Waals surface area contributed by atoms with E-state index in [9.17, 15) is 0 Å². The summed E-state index contributed by atoms with van der Waals surface area (Å²) in [6, 6.07) is 7.09. The Morgan fingerprint density at radius 3 is 2.76 bits per heavy atom. The number of benzene rings is 1. The Bertz CT molecular complexity index is 527. The summed E-state index contributed by atoms with van der Waals surface area (Å²) in [5.41, 5.74) is 6.99. The van der Waals surface area contributed by atoms with Gasteiger partial charge >= 0.3 is 0 Å². The van der Waals surface area contributed by atoms with Crippen LogP contribution in [0.4, 0.5) is 0 Å². The molecule has 0 aliphatic rings. The van der Waals surface area contributed by atoms with Crippen molar-refractivity contribution in [2.24, 2.45) is 5.73 Å². The zero-order chi connectivity index (χ0) is 12.4. The van der Waals surface area contributed by atoms with E-state index in [1.54, 1.807) is 13.2 Å². The van der Waals surface area contributed by atoms with E-state index in [1.165, 1.54) is 11.3 Å². The Morgan fingerprint density at radius 2 is 2.12 bits per heavy atom. The van der Waals surface area contributed by atoms with Crippen LogP contribution in [0.2, 0.25) is 10.0 Å². The summed E-state index contributed by atoms with van der Waals surface area (Å²) < 4.78 is 5.13. The van der Waals surface area contributed by atoms with Crippen molar-refractivity contribution in [3.05, 3.63) is 50.1 Å². The fourth-order valence-corrected chi connectivity index (χ4v) is 2.82. The maximum absolute atomic E-state index is 6.17. The molecule has 0 fully saturated rings. The normalized spacial score (nSPS) is 12.5. The van der Waals surface area contributed by atoms with Crippen LogP contribution in [0.3, 0.4) is 0 Å². The molecule has 0 aliphatic heterocycles. The fraction of sp³-hybridized carbons (Fsp3) is 0.167. The number of halogens is 2. The van der Waals surface area contributed by atoms with Gasteiger partial charge in [-0.2, -0.15) is 0 Å². The fourth-order valence-electron chi connectivity index (χ4n) is 1.52. The number of ether oxygens (including phenoxy) is 1. The summed E-state index contributed by atoms with van der Waals surface area (Å²) in [4.78, 5) is 0.992. The minimum Gasteiger partial charge on any atom is -0.496 e.